The van der Waals surface area contributed by atoms with Crippen LogP contribution in [0.25, 0.3) is 11.4 Å². The van der Waals surface area contributed by atoms with Crippen LogP contribution in [0.5, 0.6) is 0 Å². The molecule has 1 aromatic carbocycles. The van der Waals surface area contributed by atoms with Crippen LogP contribution in [0.15, 0.2) is 30.6 Å². The molecule has 0 atom stereocenters. The second-order valence-corrected chi connectivity index (χ2v) is 4.34. The Labute approximate surface area is 114 Å². The van der Waals surface area contributed by atoms with Gasteiger partial charge in [0, 0.05) is 18.0 Å². The van der Waals surface area contributed by atoms with Crippen molar-refractivity contribution in [2.75, 3.05) is 7.11 Å². The minimum atomic E-state index is -0.354. The Hall–Kier alpha value is -1.52. The van der Waals surface area contributed by atoms with E-state index in [9.17, 15) is 4.79 Å². The molecule has 1 aromatic heterocycles. The topological polar surface area (TPSA) is 44.1 Å². The average Bonchev–Trinajstić information content (AvgIpc) is 2.80. The number of halogens is 2. The Bertz CT molecular complexity index is 581. The molecule has 18 heavy (non-hydrogen) atoms. The number of ether oxygens (including phenoxy) is 1. The lowest BCUT2D eigenvalue weighted by Gasteiger charge is -2.08. The van der Waals surface area contributed by atoms with Gasteiger partial charge in [-0.1, -0.05) is 29.3 Å². The zero-order valence-corrected chi connectivity index (χ0v) is 11.1. The molecule has 0 aliphatic heterocycles. The molecule has 4 nitrogen and oxygen atoms in total. The number of esters is 1. The largest absolute Gasteiger partial charge is 0.468 e. The number of carbonyl (C=O) groups excluding carboxylic acids is 1. The second kappa shape index (κ2) is 5.42. The van der Waals surface area contributed by atoms with E-state index >= 15 is 0 Å². The van der Waals surface area contributed by atoms with Crippen LogP contribution in [0.2, 0.25) is 10.0 Å². The predicted molar refractivity (Wildman–Crippen MR) is 69.7 cm³/mol. The van der Waals surface area contributed by atoms with E-state index < -0.39 is 0 Å². The van der Waals surface area contributed by atoms with Gasteiger partial charge in [0.2, 0.25) is 0 Å². The van der Waals surface area contributed by atoms with E-state index in [2.05, 4.69) is 9.72 Å². The van der Waals surface area contributed by atoms with Gasteiger partial charge in [0.15, 0.2) is 0 Å². The number of nitrogens with zero attached hydrogens (tertiary/aromatic N) is 2. The van der Waals surface area contributed by atoms with Crippen LogP contribution < -0.4 is 0 Å². The third kappa shape index (κ3) is 2.49. The van der Waals surface area contributed by atoms with Gasteiger partial charge >= 0.3 is 5.97 Å². The van der Waals surface area contributed by atoms with Crippen molar-refractivity contribution in [1.82, 2.24) is 9.55 Å². The number of aromatic nitrogens is 2. The van der Waals surface area contributed by atoms with Gasteiger partial charge < -0.3 is 9.30 Å². The van der Waals surface area contributed by atoms with E-state index in [0.29, 0.717) is 21.4 Å². The van der Waals surface area contributed by atoms with Crippen molar-refractivity contribution < 1.29 is 9.53 Å². The number of rotatable bonds is 3. The smallest absolute Gasteiger partial charge is 0.325 e. The van der Waals surface area contributed by atoms with Crippen molar-refractivity contribution in [3.63, 3.8) is 0 Å². The van der Waals surface area contributed by atoms with Crippen LogP contribution >= 0.6 is 23.2 Å². The highest BCUT2D eigenvalue weighted by Gasteiger charge is 2.13. The van der Waals surface area contributed by atoms with E-state index in [4.69, 9.17) is 23.2 Å². The van der Waals surface area contributed by atoms with Crippen molar-refractivity contribution in [1.29, 1.82) is 0 Å². The molecule has 6 heteroatoms. The molecular weight excluding hydrogens is 275 g/mol. The molecule has 94 valence electrons. The molecule has 0 spiro atoms. The summed E-state index contributed by atoms with van der Waals surface area (Å²) in [6.07, 6.45) is 3.28. The molecule has 0 aliphatic carbocycles. The summed E-state index contributed by atoms with van der Waals surface area (Å²) in [5, 5.41) is 0.860. The maximum Gasteiger partial charge on any atom is 0.325 e. The number of imidazole rings is 1. The van der Waals surface area contributed by atoms with E-state index in [1.54, 1.807) is 35.2 Å². The molecule has 2 rings (SSSR count). The van der Waals surface area contributed by atoms with Crippen molar-refractivity contribution in [2.45, 2.75) is 6.54 Å². The molecule has 0 amide bonds. The molecular formula is C12H10Cl2N2O2. The summed E-state index contributed by atoms with van der Waals surface area (Å²) in [5.41, 5.74) is 0.679. The van der Waals surface area contributed by atoms with Crippen LogP contribution in [0.1, 0.15) is 0 Å². The number of methoxy groups -OCH3 is 1. The van der Waals surface area contributed by atoms with Gasteiger partial charge in [0.05, 0.1) is 17.2 Å². The number of hydrogen-bond donors (Lipinski definition) is 0. The second-order valence-electron chi connectivity index (χ2n) is 3.56. The standard InChI is InChI=1S/C12H10Cl2N2O2/c1-18-10(17)7-16-6-5-15-12(16)8-3-2-4-9(13)11(8)14/h2-6H,7H2,1H3. The van der Waals surface area contributed by atoms with Gasteiger partial charge in [-0.2, -0.15) is 0 Å². The van der Waals surface area contributed by atoms with Crippen LogP contribution in [0.4, 0.5) is 0 Å². The summed E-state index contributed by atoms with van der Waals surface area (Å²) in [6.45, 7) is 0.0781. The first-order valence-electron chi connectivity index (χ1n) is 5.16. The monoisotopic (exact) mass is 284 g/mol. The maximum absolute atomic E-state index is 11.3. The molecule has 0 N–H and O–H groups in total. The van der Waals surface area contributed by atoms with Gasteiger partial charge in [-0.25, -0.2) is 4.98 Å². The normalized spacial score (nSPS) is 10.4. The average molecular weight is 285 g/mol. The van der Waals surface area contributed by atoms with Crippen LogP contribution in [0, 0.1) is 0 Å². The van der Waals surface area contributed by atoms with E-state index in [0.717, 1.165) is 0 Å². The van der Waals surface area contributed by atoms with Crippen LogP contribution in [-0.2, 0) is 16.1 Å². The van der Waals surface area contributed by atoms with Crippen LogP contribution in [-0.4, -0.2) is 22.6 Å². The third-order valence-electron chi connectivity index (χ3n) is 2.44. The maximum atomic E-state index is 11.3. The fourth-order valence-corrected chi connectivity index (χ4v) is 1.95. The first-order valence-corrected chi connectivity index (χ1v) is 5.91. The van der Waals surface area contributed by atoms with Gasteiger partial charge in [0.1, 0.15) is 12.4 Å². The first kappa shape index (κ1) is 12.9. The van der Waals surface area contributed by atoms with E-state index in [-0.39, 0.29) is 12.5 Å². The molecule has 0 saturated carbocycles. The molecule has 0 bridgehead atoms. The minimum Gasteiger partial charge on any atom is -0.468 e. The number of hydrogen-bond acceptors (Lipinski definition) is 3. The SMILES string of the molecule is COC(=O)Cn1ccnc1-c1cccc(Cl)c1Cl. The van der Waals surface area contributed by atoms with Crippen LogP contribution in [0.3, 0.4) is 0 Å². The predicted octanol–water partition coefficient (Wildman–Crippen LogP) is 3.03. The Morgan fingerprint density at radius 2 is 2.22 bits per heavy atom. The van der Waals surface area contributed by atoms with Gasteiger partial charge in [0.25, 0.3) is 0 Å². The zero-order chi connectivity index (χ0) is 13.1. The third-order valence-corrected chi connectivity index (χ3v) is 3.25. The molecule has 0 fully saturated rings. The fraction of sp³-hybridized carbons (Fsp3) is 0.167. The van der Waals surface area contributed by atoms with Crippen molar-refractivity contribution in [2.24, 2.45) is 0 Å². The molecule has 0 aliphatic rings. The Morgan fingerprint density at radius 1 is 1.44 bits per heavy atom. The first-order chi connectivity index (χ1) is 8.63. The molecule has 2 aromatic rings. The molecule has 0 unspecified atom stereocenters. The summed E-state index contributed by atoms with van der Waals surface area (Å²) < 4.78 is 6.28. The Kier molecular flexibility index (Phi) is 3.89. The van der Waals surface area contributed by atoms with Crippen molar-refractivity contribution >= 4 is 29.2 Å². The fourth-order valence-electron chi connectivity index (χ4n) is 1.56. The highest BCUT2D eigenvalue weighted by molar-refractivity contribution is 6.43. The van der Waals surface area contributed by atoms with Gasteiger partial charge in [-0.3, -0.25) is 4.79 Å². The number of carbonyl (C=O) groups is 1. The lowest BCUT2D eigenvalue weighted by Crippen LogP contribution is -2.11. The van der Waals surface area contributed by atoms with Crippen molar-refractivity contribution in [3.8, 4) is 11.4 Å². The summed E-state index contributed by atoms with van der Waals surface area (Å²) in [7, 11) is 1.34. The van der Waals surface area contributed by atoms with E-state index in [1.165, 1.54) is 7.11 Å². The quantitative estimate of drug-likeness (QED) is 0.814. The Balaban J connectivity index is 2.42. The highest BCUT2D eigenvalue weighted by atomic mass is 35.5. The number of benzene rings is 1. The lowest BCUT2D eigenvalue weighted by molar-refractivity contribution is -0.141. The minimum absolute atomic E-state index is 0.0781. The zero-order valence-electron chi connectivity index (χ0n) is 9.56. The van der Waals surface area contributed by atoms with E-state index in [1.807, 2.05) is 0 Å². The molecule has 1 heterocycles. The van der Waals surface area contributed by atoms with Crippen molar-refractivity contribution in [3.05, 3.63) is 40.6 Å². The Morgan fingerprint density at radius 3 is 2.94 bits per heavy atom. The van der Waals surface area contributed by atoms with Gasteiger partial charge in [-0.15, -0.1) is 0 Å². The molecule has 0 saturated heterocycles. The lowest BCUT2D eigenvalue weighted by atomic mass is 10.2. The summed E-state index contributed by atoms with van der Waals surface area (Å²) in [5.74, 6) is 0.223. The van der Waals surface area contributed by atoms with Gasteiger partial charge in [-0.05, 0) is 12.1 Å². The summed E-state index contributed by atoms with van der Waals surface area (Å²) >= 11 is 12.1. The summed E-state index contributed by atoms with van der Waals surface area (Å²) in [4.78, 5) is 15.5. The summed E-state index contributed by atoms with van der Waals surface area (Å²) in [6, 6.07) is 5.27. The highest BCUT2D eigenvalue weighted by Crippen LogP contribution is 2.32. The molecule has 0 radical (unpaired) electrons.